The smallest absolute Gasteiger partial charge is 0.254 e. The zero-order chi connectivity index (χ0) is 22.1. The Labute approximate surface area is 186 Å². The van der Waals surface area contributed by atoms with Crippen LogP contribution in [0, 0.1) is 12.3 Å². The van der Waals surface area contributed by atoms with Crippen LogP contribution in [0.3, 0.4) is 0 Å². The second-order valence-electron chi connectivity index (χ2n) is 8.58. The number of carbonyl (C=O) groups is 1. The zero-order valence-corrected chi connectivity index (χ0v) is 18.3. The minimum atomic E-state index is -0.129. The Morgan fingerprint density at radius 2 is 1.94 bits per heavy atom. The fraction of sp³-hybridized carbons (Fsp3) is 0.417. The molecule has 32 heavy (non-hydrogen) atoms. The van der Waals surface area contributed by atoms with Crippen LogP contribution in [0.4, 0.5) is 0 Å². The van der Waals surface area contributed by atoms with Gasteiger partial charge < -0.3 is 18.8 Å². The fourth-order valence-corrected chi connectivity index (χ4v) is 4.91. The summed E-state index contributed by atoms with van der Waals surface area (Å²) in [6.45, 7) is 4.48. The molecule has 8 nitrogen and oxygen atoms in total. The number of carbonyl (C=O) groups excluding carboxylic acids is 1. The molecular formula is C24H26N4O4. The molecule has 4 heterocycles. The molecule has 0 radical (unpaired) electrons. The first-order valence-electron chi connectivity index (χ1n) is 10.9. The van der Waals surface area contributed by atoms with Gasteiger partial charge in [-0.2, -0.15) is 0 Å². The third-order valence-corrected chi connectivity index (χ3v) is 6.75. The van der Waals surface area contributed by atoms with Crippen LogP contribution in [0.25, 0.3) is 11.5 Å². The predicted octanol–water partition coefficient (Wildman–Crippen LogP) is 3.49. The molecule has 0 N–H and O–H groups in total. The van der Waals surface area contributed by atoms with Crippen molar-refractivity contribution >= 4 is 5.91 Å². The van der Waals surface area contributed by atoms with E-state index in [2.05, 4.69) is 15.2 Å². The van der Waals surface area contributed by atoms with Crippen molar-refractivity contribution in [3.05, 3.63) is 59.7 Å². The first-order valence-corrected chi connectivity index (χ1v) is 10.9. The minimum Gasteiger partial charge on any atom is -0.497 e. The number of hydrogen-bond acceptors (Lipinski definition) is 7. The molecule has 1 unspecified atom stereocenters. The number of ether oxygens (including phenoxy) is 2. The van der Waals surface area contributed by atoms with Crippen LogP contribution in [-0.2, 0) is 4.74 Å². The van der Waals surface area contributed by atoms with Gasteiger partial charge in [-0.25, -0.2) is 0 Å². The number of pyridine rings is 1. The maximum Gasteiger partial charge on any atom is 0.254 e. The molecule has 3 aromatic rings. The molecule has 166 valence electrons. The van der Waals surface area contributed by atoms with Crippen LogP contribution >= 0.6 is 0 Å². The number of aromatic nitrogens is 3. The van der Waals surface area contributed by atoms with Gasteiger partial charge in [-0.15, -0.1) is 10.2 Å². The second kappa shape index (κ2) is 8.35. The van der Waals surface area contributed by atoms with Gasteiger partial charge in [-0.05, 0) is 55.7 Å². The molecule has 2 fully saturated rings. The maximum atomic E-state index is 13.5. The van der Waals surface area contributed by atoms with E-state index in [4.69, 9.17) is 13.9 Å². The molecule has 1 atom stereocenters. The minimum absolute atomic E-state index is 0.0207. The summed E-state index contributed by atoms with van der Waals surface area (Å²) in [6.07, 6.45) is 5.12. The highest BCUT2D eigenvalue weighted by atomic mass is 16.5. The van der Waals surface area contributed by atoms with Gasteiger partial charge in [0.1, 0.15) is 5.75 Å². The molecule has 0 saturated carbocycles. The molecule has 1 aromatic carbocycles. The molecule has 0 bridgehead atoms. The van der Waals surface area contributed by atoms with E-state index in [1.807, 2.05) is 42.2 Å². The number of likely N-dealkylation sites (tertiary alicyclic amines) is 1. The van der Waals surface area contributed by atoms with Crippen LogP contribution in [0.15, 0.2) is 47.1 Å². The molecule has 5 rings (SSSR count). The Bertz CT molecular complexity index is 1110. The molecular weight excluding hydrogens is 408 g/mol. The van der Waals surface area contributed by atoms with Crippen LogP contribution in [0.2, 0.25) is 0 Å². The van der Waals surface area contributed by atoms with E-state index in [-0.39, 0.29) is 17.2 Å². The van der Waals surface area contributed by atoms with Gasteiger partial charge in [0.2, 0.25) is 11.8 Å². The number of rotatable bonds is 4. The fourth-order valence-electron chi connectivity index (χ4n) is 4.91. The monoisotopic (exact) mass is 434 g/mol. The molecule has 2 saturated heterocycles. The molecule has 8 heteroatoms. The van der Waals surface area contributed by atoms with Gasteiger partial charge in [0.15, 0.2) is 0 Å². The number of hydrogen-bond donors (Lipinski definition) is 0. The molecule has 1 amide bonds. The highest BCUT2D eigenvalue weighted by Crippen LogP contribution is 2.49. The van der Waals surface area contributed by atoms with E-state index in [9.17, 15) is 4.79 Å². The van der Waals surface area contributed by atoms with Crippen LogP contribution in [0.5, 0.6) is 5.75 Å². The number of amides is 1. The predicted molar refractivity (Wildman–Crippen MR) is 116 cm³/mol. The van der Waals surface area contributed by atoms with Crippen LogP contribution in [-0.4, -0.2) is 59.4 Å². The van der Waals surface area contributed by atoms with Crippen molar-refractivity contribution in [1.82, 2.24) is 20.1 Å². The third-order valence-electron chi connectivity index (χ3n) is 6.75. The second-order valence-corrected chi connectivity index (χ2v) is 8.58. The van der Waals surface area contributed by atoms with E-state index >= 15 is 0 Å². The van der Waals surface area contributed by atoms with Crippen molar-refractivity contribution in [2.75, 3.05) is 33.4 Å². The summed E-state index contributed by atoms with van der Waals surface area (Å²) in [6, 6.07) is 9.26. The summed E-state index contributed by atoms with van der Waals surface area (Å²) in [4.78, 5) is 19.5. The lowest BCUT2D eigenvalue weighted by molar-refractivity contribution is 0.00908. The molecule has 2 aliphatic rings. The quantitative estimate of drug-likeness (QED) is 0.621. The van der Waals surface area contributed by atoms with E-state index < -0.39 is 0 Å². The summed E-state index contributed by atoms with van der Waals surface area (Å²) in [5.41, 5.74) is 2.30. The standard InChI is InChI=1S/C24H26N4O4/c1-16-13-18(30-2)3-4-19(16)23(29)28-14-20(24(15-28)7-11-31-12-8-24)22-27-26-21(32-22)17-5-9-25-10-6-17/h3-6,9-10,13,20H,7-8,11-12,14-15H2,1-2H3. The van der Waals surface area contributed by atoms with Gasteiger partial charge in [0, 0.05) is 55.2 Å². The van der Waals surface area contributed by atoms with E-state index in [0.717, 1.165) is 29.7 Å². The van der Waals surface area contributed by atoms with Crippen LogP contribution < -0.4 is 4.74 Å². The summed E-state index contributed by atoms with van der Waals surface area (Å²) in [5, 5.41) is 8.68. The summed E-state index contributed by atoms with van der Waals surface area (Å²) in [5.74, 6) is 1.79. The normalized spacial score (nSPS) is 19.9. The lowest BCUT2D eigenvalue weighted by atomic mass is 9.72. The maximum absolute atomic E-state index is 13.5. The van der Waals surface area contributed by atoms with E-state index in [0.29, 0.717) is 43.6 Å². The topological polar surface area (TPSA) is 90.6 Å². The SMILES string of the molecule is COc1ccc(C(=O)N2CC(c3nnc(-c4ccncc4)o3)C3(CCOCC3)C2)c(C)c1. The lowest BCUT2D eigenvalue weighted by Gasteiger charge is -2.36. The molecule has 1 spiro atoms. The van der Waals surface area contributed by atoms with Crippen molar-refractivity contribution in [2.24, 2.45) is 5.41 Å². The summed E-state index contributed by atoms with van der Waals surface area (Å²) >= 11 is 0. The number of aryl methyl sites for hydroxylation is 1. The lowest BCUT2D eigenvalue weighted by Crippen LogP contribution is -2.37. The average molecular weight is 434 g/mol. The third kappa shape index (κ3) is 3.64. The average Bonchev–Trinajstić information content (AvgIpc) is 3.45. The van der Waals surface area contributed by atoms with Crippen LogP contribution in [0.1, 0.15) is 40.6 Å². The van der Waals surface area contributed by atoms with Crippen molar-refractivity contribution in [3.8, 4) is 17.2 Å². The van der Waals surface area contributed by atoms with Crippen molar-refractivity contribution < 1.29 is 18.7 Å². The first kappa shape index (κ1) is 20.6. The number of benzene rings is 1. The molecule has 2 aliphatic heterocycles. The van der Waals surface area contributed by atoms with E-state index in [1.54, 1.807) is 19.5 Å². The van der Waals surface area contributed by atoms with Gasteiger partial charge in [-0.3, -0.25) is 9.78 Å². The Hall–Kier alpha value is -3.26. The van der Waals surface area contributed by atoms with Crippen molar-refractivity contribution in [3.63, 3.8) is 0 Å². The summed E-state index contributed by atoms with van der Waals surface area (Å²) < 4.78 is 17.1. The number of nitrogens with zero attached hydrogens (tertiary/aromatic N) is 4. The first-order chi connectivity index (χ1) is 15.6. The van der Waals surface area contributed by atoms with Gasteiger partial charge in [0.05, 0.1) is 13.0 Å². The zero-order valence-electron chi connectivity index (χ0n) is 18.3. The van der Waals surface area contributed by atoms with Crippen molar-refractivity contribution in [2.45, 2.75) is 25.7 Å². The Kier molecular flexibility index (Phi) is 5.38. The Morgan fingerprint density at radius 3 is 2.66 bits per heavy atom. The van der Waals surface area contributed by atoms with Crippen molar-refractivity contribution in [1.29, 1.82) is 0 Å². The number of methoxy groups -OCH3 is 1. The summed E-state index contributed by atoms with van der Waals surface area (Å²) in [7, 11) is 1.63. The Balaban J connectivity index is 1.45. The molecule has 2 aromatic heterocycles. The molecule has 0 aliphatic carbocycles. The van der Waals surface area contributed by atoms with Gasteiger partial charge in [0.25, 0.3) is 5.91 Å². The highest BCUT2D eigenvalue weighted by molar-refractivity contribution is 5.96. The Morgan fingerprint density at radius 1 is 1.16 bits per heavy atom. The largest absolute Gasteiger partial charge is 0.497 e. The van der Waals surface area contributed by atoms with Gasteiger partial charge in [-0.1, -0.05) is 0 Å². The highest BCUT2D eigenvalue weighted by Gasteiger charge is 2.51. The van der Waals surface area contributed by atoms with Gasteiger partial charge >= 0.3 is 0 Å². The van der Waals surface area contributed by atoms with E-state index in [1.165, 1.54) is 0 Å².